The molecule has 0 aromatic heterocycles. The molecule has 3 rings (SSSR count). The highest BCUT2D eigenvalue weighted by Crippen LogP contribution is 2.32. The van der Waals surface area contributed by atoms with E-state index in [0.29, 0.717) is 10.8 Å². The van der Waals surface area contributed by atoms with Gasteiger partial charge in [-0.25, -0.2) is 0 Å². The van der Waals surface area contributed by atoms with E-state index < -0.39 is 0 Å². The summed E-state index contributed by atoms with van der Waals surface area (Å²) in [6, 6.07) is 19.6. The predicted molar refractivity (Wildman–Crippen MR) is 88.1 cm³/mol. The fourth-order valence-electron chi connectivity index (χ4n) is 2.35. The first kappa shape index (κ1) is 13.9. The van der Waals surface area contributed by atoms with E-state index in [4.69, 9.17) is 22.1 Å². The summed E-state index contributed by atoms with van der Waals surface area (Å²) < 4.78 is 5.98. The molecule has 1 atom stereocenters. The Morgan fingerprint density at radius 2 is 1.76 bits per heavy atom. The highest BCUT2D eigenvalue weighted by molar-refractivity contribution is 6.31. The summed E-state index contributed by atoms with van der Waals surface area (Å²) in [6.45, 7) is 1.91. The normalized spacial score (nSPS) is 12.3. The standard InChI is InChI=1S/C18H16ClNO/c1-12(20)15-10-9-14(11-17(15)19)21-18-8-4-6-13-5-2-3-7-16(13)18/h2-12H,20H2,1H3. The highest BCUT2D eigenvalue weighted by atomic mass is 35.5. The Morgan fingerprint density at radius 1 is 1.00 bits per heavy atom. The van der Waals surface area contributed by atoms with Crippen LogP contribution in [0.1, 0.15) is 18.5 Å². The van der Waals surface area contributed by atoms with Gasteiger partial charge in [-0.15, -0.1) is 0 Å². The van der Waals surface area contributed by atoms with E-state index in [0.717, 1.165) is 22.1 Å². The lowest BCUT2D eigenvalue weighted by atomic mass is 10.1. The first-order valence-electron chi connectivity index (χ1n) is 6.86. The Balaban J connectivity index is 1.97. The third kappa shape index (κ3) is 2.87. The molecule has 0 aliphatic heterocycles. The van der Waals surface area contributed by atoms with Gasteiger partial charge < -0.3 is 10.5 Å². The fraction of sp³-hybridized carbons (Fsp3) is 0.111. The van der Waals surface area contributed by atoms with Crippen molar-refractivity contribution in [3.05, 3.63) is 71.2 Å². The number of fused-ring (bicyclic) bond motifs is 1. The molecular formula is C18H16ClNO. The lowest BCUT2D eigenvalue weighted by molar-refractivity contribution is 0.488. The van der Waals surface area contributed by atoms with Crippen molar-refractivity contribution in [2.24, 2.45) is 5.73 Å². The van der Waals surface area contributed by atoms with E-state index in [2.05, 4.69) is 12.1 Å². The second kappa shape index (κ2) is 5.76. The van der Waals surface area contributed by atoms with E-state index in [9.17, 15) is 0 Å². The molecule has 106 valence electrons. The zero-order valence-corrected chi connectivity index (χ0v) is 12.5. The van der Waals surface area contributed by atoms with Crippen molar-refractivity contribution in [1.29, 1.82) is 0 Å². The summed E-state index contributed by atoms with van der Waals surface area (Å²) in [5.74, 6) is 1.53. The number of ether oxygens (including phenoxy) is 1. The van der Waals surface area contributed by atoms with Crippen molar-refractivity contribution in [2.45, 2.75) is 13.0 Å². The zero-order valence-electron chi connectivity index (χ0n) is 11.7. The van der Waals surface area contributed by atoms with Crippen LogP contribution in [-0.2, 0) is 0 Å². The average Bonchev–Trinajstić information content (AvgIpc) is 2.47. The number of hydrogen-bond acceptors (Lipinski definition) is 2. The Kier molecular flexibility index (Phi) is 3.82. The predicted octanol–water partition coefficient (Wildman–Crippen LogP) is 5.31. The molecule has 0 aliphatic rings. The van der Waals surface area contributed by atoms with Crippen molar-refractivity contribution in [1.82, 2.24) is 0 Å². The minimum Gasteiger partial charge on any atom is -0.457 e. The van der Waals surface area contributed by atoms with Gasteiger partial charge in [0, 0.05) is 16.5 Å². The SMILES string of the molecule is CC(N)c1ccc(Oc2cccc3ccccc23)cc1Cl. The molecule has 3 aromatic carbocycles. The molecule has 3 aromatic rings. The first-order valence-corrected chi connectivity index (χ1v) is 7.23. The van der Waals surface area contributed by atoms with Crippen LogP contribution < -0.4 is 10.5 Å². The van der Waals surface area contributed by atoms with Crippen LogP contribution in [0.2, 0.25) is 5.02 Å². The smallest absolute Gasteiger partial charge is 0.135 e. The van der Waals surface area contributed by atoms with E-state index in [1.54, 1.807) is 0 Å². The van der Waals surface area contributed by atoms with Gasteiger partial charge in [0.25, 0.3) is 0 Å². The van der Waals surface area contributed by atoms with Gasteiger partial charge in [0.05, 0.1) is 0 Å². The molecule has 0 heterocycles. The fourth-order valence-corrected chi connectivity index (χ4v) is 2.69. The zero-order chi connectivity index (χ0) is 14.8. The molecule has 0 radical (unpaired) electrons. The van der Waals surface area contributed by atoms with E-state index >= 15 is 0 Å². The summed E-state index contributed by atoms with van der Waals surface area (Å²) in [7, 11) is 0. The summed E-state index contributed by atoms with van der Waals surface area (Å²) in [6.07, 6.45) is 0. The lowest BCUT2D eigenvalue weighted by Gasteiger charge is -2.12. The average molecular weight is 298 g/mol. The maximum absolute atomic E-state index is 6.25. The monoisotopic (exact) mass is 297 g/mol. The van der Waals surface area contributed by atoms with Crippen molar-refractivity contribution < 1.29 is 4.74 Å². The molecule has 0 fully saturated rings. The number of halogens is 1. The lowest BCUT2D eigenvalue weighted by Crippen LogP contribution is -2.05. The number of benzene rings is 3. The highest BCUT2D eigenvalue weighted by Gasteiger charge is 2.08. The van der Waals surface area contributed by atoms with Crippen LogP contribution in [0.15, 0.2) is 60.7 Å². The van der Waals surface area contributed by atoms with Crippen LogP contribution in [0.25, 0.3) is 10.8 Å². The maximum Gasteiger partial charge on any atom is 0.135 e. The van der Waals surface area contributed by atoms with Gasteiger partial charge in [0.2, 0.25) is 0 Å². The van der Waals surface area contributed by atoms with Gasteiger partial charge in [0.1, 0.15) is 11.5 Å². The van der Waals surface area contributed by atoms with Crippen LogP contribution in [0, 0.1) is 0 Å². The third-order valence-electron chi connectivity index (χ3n) is 3.44. The summed E-state index contributed by atoms with van der Waals surface area (Å²) in [5, 5.41) is 2.85. The Hall–Kier alpha value is -2.03. The number of rotatable bonds is 3. The molecule has 0 aliphatic carbocycles. The topological polar surface area (TPSA) is 35.2 Å². The largest absolute Gasteiger partial charge is 0.457 e. The summed E-state index contributed by atoms with van der Waals surface area (Å²) >= 11 is 6.25. The van der Waals surface area contributed by atoms with E-state index in [1.807, 2.05) is 55.5 Å². The van der Waals surface area contributed by atoms with Crippen LogP contribution >= 0.6 is 11.6 Å². The molecule has 0 saturated carbocycles. The van der Waals surface area contributed by atoms with E-state index in [-0.39, 0.29) is 6.04 Å². The van der Waals surface area contributed by atoms with Crippen molar-refractivity contribution in [2.75, 3.05) is 0 Å². The summed E-state index contributed by atoms with van der Waals surface area (Å²) in [4.78, 5) is 0. The van der Waals surface area contributed by atoms with Gasteiger partial charge >= 0.3 is 0 Å². The maximum atomic E-state index is 6.25. The van der Waals surface area contributed by atoms with Gasteiger partial charge in [-0.05, 0) is 36.1 Å². The van der Waals surface area contributed by atoms with Gasteiger partial charge in [-0.1, -0.05) is 54.1 Å². The number of nitrogens with two attached hydrogens (primary N) is 1. The molecule has 0 amide bonds. The van der Waals surface area contributed by atoms with Crippen LogP contribution in [0.4, 0.5) is 0 Å². The Labute approximate surface area is 129 Å². The summed E-state index contributed by atoms with van der Waals surface area (Å²) in [5.41, 5.74) is 6.78. The Bertz CT molecular complexity index is 778. The second-order valence-electron chi connectivity index (χ2n) is 5.05. The number of hydrogen-bond donors (Lipinski definition) is 1. The van der Waals surface area contributed by atoms with Crippen LogP contribution in [0.5, 0.6) is 11.5 Å². The second-order valence-corrected chi connectivity index (χ2v) is 5.46. The minimum atomic E-state index is -0.0934. The molecule has 1 unspecified atom stereocenters. The van der Waals surface area contributed by atoms with Gasteiger partial charge in [0.15, 0.2) is 0 Å². The van der Waals surface area contributed by atoms with Gasteiger partial charge in [-0.2, -0.15) is 0 Å². The van der Waals surface area contributed by atoms with Gasteiger partial charge in [-0.3, -0.25) is 0 Å². The van der Waals surface area contributed by atoms with Crippen LogP contribution in [0.3, 0.4) is 0 Å². The van der Waals surface area contributed by atoms with Crippen molar-refractivity contribution in [3.63, 3.8) is 0 Å². The Morgan fingerprint density at radius 3 is 2.52 bits per heavy atom. The molecule has 2 N–H and O–H groups in total. The molecular weight excluding hydrogens is 282 g/mol. The minimum absolute atomic E-state index is 0.0934. The van der Waals surface area contributed by atoms with E-state index in [1.165, 1.54) is 0 Å². The first-order chi connectivity index (χ1) is 10.1. The molecule has 21 heavy (non-hydrogen) atoms. The van der Waals surface area contributed by atoms with Crippen molar-refractivity contribution >= 4 is 22.4 Å². The molecule has 0 saturated heterocycles. The van der Waals surface area contributed by atoms with Crippen molar-refractivity contribution in [3.8, 4) is 11.5 Å². The third-order valence-corrected chi connectivity index (χ3v) is 3.77. The molecule has 0 spiro atoms. The molecule has 2 nitrogen and oxygen atoms in total. The molecule has 0 bridgehead atoms. The quantitative estimate of drug-likeness (QED) is 0.711. The van der Waals surface area contributed by atoms with Crippen LogP contribution in [-0.4, -0.2) is 0 Å². The molecule has 3 heteroatoms.